The van der Waals surface area contributed by atoms with Gasteiger partial charge in [0.15, 0.2) is 0 Å². The number of aromatic nitrogens is 2. The van der Waals surface area contributed by atoms with Gasteiger partial charge in [-0.3, -0.25) is 0 Å². The number of benzene rings is 1. The maximum Gasteiger partial charge on any atom is 0.256 e. The van der Waals surface area contributed by atoms with Gasteiger partial charge in [-0.2, -0.15) is 5.26 Å². The summed E-state index contributed by atoms with van der Waals surface area (Å²) in [6.07, 6.45) is 2.90. The Morgan fingerprint density at radius 3 is 2.42 bits per heavy atom. The van der Waals surface area contributed by atoms with Crippen LogP contribution in [0.25, 0.3) is 0 Å². The number of rotatable bonds is 3. The second-order valence-electron chi connectivity index (χ2n) is 3.34. The molecule has 0 saturated carbocycles. The fraction of sp³-hybridized carbons (Fsp3) is 0.0833. The Kier molecular flexibility index (Phi) is 4.35. The Hall–Kier alpha value is -1.65. The lowest BCUT2D eigenvalue weighted by molar-refractivity contribution is 0.408. The zero-order valence-corrected chi connectivity index (χ0v) is 12.9. The molecule has 7 heteroatoms. The molecular formula is C12H7Br2N3O2. The standard InChI is InChI=1S/C12H7Br2N3O2/c1-18-10-4-8(14)11(5-7(10)13)19-12-9(6-15)16-2-3-17-12/h2-5H,1H3. The molecule has 1 heterocycles. The van der Waals surface area contributed by atoms with Crippen LogP contribution < -0.4 is 9.47 Å². The molecule has 0 aliphatic heterocycles. The molecule has 0 aliphatic carbocycles. The molecular weight excluding hydrogens is 378 g/mol. The molecule has 19 heavy (non-hydrogen) atoms. The van der Waals surface area contributed by atoms with E-state index in [1.807, 2.05) is 6.07 Å². The summed E-state index contributed by atoms with van der Waals surface area (Å²) in [6.45, 7) is 0. The van der Waals surface area contributed by atoms with Crippen molar-refractivity contribution in [1.82, 2.24) is 9.97 Å². The lowest BCUT2D eigenvalue weighted by Crippen LogP contribution is -1.95. The maximum absolute atomic E-state index is 8.93. The van der Waals surface area contributed by atoms with Crippen molar-refractivity contribution in [2.45, 2.75) is 0 Å². The summed E-state index contributed by atoms with van der Waals surface area (Å²) in [7, 11) is 1.57. The van der Waals surface area contributed by atoms with E-state index in [1.165, 1.54) is 12.4 Å². The maximum atomic E-state index is 8.93. The zero-order chi connectivity index (χ0) is 13.8. The number of ether oxygens (including phenoxy) is 2. The van der Waals surface area contributed by atoms with Crippen molar-refractivity contribution in [3.8, 4) is 23.4 Å². The highest BCUT2D eigenvalue weighted by atomic mass is 79.9. The lowest BCUT2D eigenvalue weighted by atomic mass is 10.3. The second-order valence-corrected chi connectivity index (χ2v) is 5.05. The van der Waals surface area contributed by atoms with E-state index in [4.69, 9.17) is 14.7 Å². The van der Waals surface area contributed by atoms with Crippen molar-refractivity contribution >= 4 is 31.9 Å². The summed E-state index contributed by atoms with van der Waals surface area (Å²) in [6, 6.07) is 5.39. The number of hydrogen-bond donors (Lipinski definition) is 0. The summed E-state index contributed by atoms with van der Waals surface area (Å²) in [5.74, 6) is 1.33. The molecule has 0 aliphatic rings. The van der Waals surface area contributed by atoms with Crippen LogP contribution in [0, 0.1) is 11.3 Å². The van der Waals surface area contributed by atoms with Crippen LogP contribution in [0.3, 0.4) is 0 Å². The van der Waals surface area contributed by atoms with E-state index < -0.39 is 0 Å². The van der Waals surface area contributed by atoms with Crippen LogP contribution in [0.2, 0.25) is 0 Å². The van der Waals surface area contributed by atoms with Crippen LogP contribution in [-0.2, 0) is 0 Å². The summed E-state index contributed by atoms with van der Waals surface area (Å²) >= 11 is 6.73. The van der Waals surface area contributed by atoms with Crippen LogP contribution in [0.4, 0.5) is 0 Å². The van der Waals surface area contributed by atoms with E-state index in [1.54, 1.807) is 19.2 Å². The largest absolute Gasteiger partial charge is 0.496 e. The number of nitriles is 1. The normalized spacial score (nSPS) is 9.79. The Morgan fingerprint density at radius 2 is 1.74 bits per heavy atom. The van der Waals surface area contributed by atoms with E-state index in [9.17, 15) is 0 Å². The highest BCUT2D eigenvalue weighted by Crippen LogP contribution is 2.37. The highest BCUT2D eigenvalue weighted by molar-refractivity contribution is 9.11. The van der Waals surface area contributed by atoms with Crippen LogP contribution >= 0.6 is 31.9 Å². The number of hydrogen-bond acceptors (Lipinski definition) is 5. The van der Waals surface area contributed by atoms with Gasteiger partial charge in [0.05, 0.1) is 16.1 Å². The van der Waals surface area contributed by atoms with Gasteiger partial charge in [-0.05, 0) is 44.0 Å². The number of methoxy groups -OCH3 is 1. The van der Waals surface area contributed by atoms with Crippen LogP contribution in [-0.4, -0.2) is 17.1 Å². The molecule has 1 aromatic carbocycles. The molecule has 0 atom stereocenters. The second kappa shape index (κ2) is 5.99. The minimum Gasteiger partial charge on any atom is -0.496 e. The van der Waals surface area contributed by atoms with E-state index in [0.29, 0.717) is 16.0 Å². The van der Waals surface area contributed by atoms with Crippen molar-refractivity contribution in [1.29, 1.82) is 5.26 Å². The summed E-state index contributed by atoms with van der Waals surface area (Å²) in [5, 5.41) is 8.93. The number of nitrogens with zero attached hydrogens (tertiary/aromatic N) is 3. The quantitative estimate of drug-likeness (QED) is 0.807. The molecule has 0 amide bonds. The van der Waals surface area contributed by atoms with Gasteiger partial charge in [-0.25, -0.2) is 9.97 Å². The molecule has 0 fully saturated rings. The predicted octanol–water partition coefficient (Wildman–Crippen LogP) is 3.67. The third-order valence-corrected chi connectivity index (χ3v) is 3.42. The molecule has 0 N–H and O–H groups in total. The van der Waals surface area contributed by atoms with Gasteiger partial charge in [-0.15, -0.1) is 0 Å². The van der Waals surface area contributed by atoms with Gasteiger partial charge in [0.2, 0.25) is 5.69 Å². The average molecular weight is 385 g/mol. The molecule has 2 rings (SSSR count). The number of halogens is 2. The van der Waals surface area contributed by atoms with Gasteiger partial charge < -0.3 is 9.47 Å². The molecule has 0 bridgehead atoms. The third-order valence-electron chi connectivity index (χ3n) is 2.18. The van der Waals surface area contributed by atoms with E-state index in [2.05, 4.69) is 41.8 Å². The van der Waals surface area contributed by atoms with E-state index in [-0.39, 0.29) is 11.6 Å². The Balaban J connectivity index is 2.39. The topological polar surface area (TPSA) is 68.0 Å². The van der Waals surface area contributed by atoms with Crippen molar-refractivity contribution in [3.05, 3.63) is 39.2 Å². The van der Waals surface area contributed by atoms with Gasteiger partial charge in [0.25, 0.3) is 5.88 Å². The summed E-state index contributed by atoms with van der Waals surface area (Å²) < 4.78 is 12.2. The van der Waals surface area contributed by atoms with Crippen molar-refractivity contribution in [2.24, 2.45) is 0 Å². The minimum absolute atomic E-state index is 0.126. The van der Waals surface area contributed by atoms with Crippen molar-refractivity contribution in [2.75, 3.05) is 7.11 Å². The molecule has 96 valence electrons. The van der Waals surface area contributed by atoms with Crippen LogP contribution in [0.5, 0.6) is 17.4 Å². The van der Waals surface area contributed by atoms with Crippen LogP contribution in [0.1, 0.15) is 5.69 Å². The highest BCUT2D eigenvalue weighted by Gasteiger charge is 2.12. The summed E-state index contributed by atoms with van der Waals surface area (Å²) in [4.78, 5) is 7.86. The Bertz CT molecular complexity index is 656. The minimum atomic E-state index is 0.126. The lowest BCUT2D eigenvalue weighted by Gasteiger charge is -2.10. The molecule has 0 spiro atoms. The SMILES string of the molecule is COc1cc(Br)c(Oc2nccnc2C#N)cc1Br. The first-order valence-electron chi connectivity index (χ1n) is 5.07. The van der Waals surface area contributed by atoms with Gasteiger partial charge in [0.1, 0.15) is 17.6 Å². The van der Waals surface area contributed by atoms with Crippen LogP contribution in [0.15, 0.2) is 33.5 Å². The van der Waals surface area contributed by atoms with E-state index in [0.717, 1.165) is 4.47 Å². The van der Waals surface area contributed by atoms with Crippen molar-refractivity contribution < 1.29 is 9.47 Å². The first-order chi connectivity index (χ1) is 9.15. The molecule has 0 unspecified atom stereocenters. The monoisotopic (exact) mass is 383 g/mol. The average Bonchev–Trinajstić information content (AvgIpc) is 2.43. The third kappa shape index (κ3) is 3.03. The first-order valence-corrected chi connectivity index (χ1v) is 6.66. The van der Waals surface area contributed by atoms with Gasteiger partial charge >= 0.3 is 0 Å². The predicted molar refractivity (Wildman–Crippen MR) is 75.2 cm³/mol. The fourth-order valence-corrected chi connectivity index (χ4v) is 2.21. The smallest absolute Gasteiger partial charge is 0.256 e. The molecule has 1 aromatic heterocycles. The first kappa shape index (κ1) is 13.8. The zero-order valence-electron chi connectivity index (χ0n) is 9.72. The fourth-order valence-electron chi connectivity index (χ4n) is 1.33. The summed E-state index contributed by atoms with van der Waals surface area (Å²) in [5.41, 5.74) is 0.126. The molecule has 2 aromatic rings. The van der Waals surface area contributed by atoms with Crippen molar-refractivity contribution in [3.63, 3.8) is 0 Å². The van der Waals surface area contributed by atoms with E-state index >= 15 is 0 Å². The molecule has 0 radical (unpaired) electrons. The molecule has 0 saturated heterocycles. The van der Waals surface area contributed by atoms with Gasteiger partial charge in [-0.1, -0.05) is 0 Å². The Morgan fingerprint density at radius 1 is 1.11 bits per heavy atom. The molecule has 5 nitrogen and oxygen atoms in total. The van der Waals surface area contributed by atoms with Gasteiger partial charge in [0, 0.05) is 12.4 Å². The Labute approximate surface area is 126 Å².